The molecule has 3 aromatic carbocycles. The number of imidazole rings is 1. The third-order valence-electron chi connectivity index (χ3n) is 5.01. The summed E-state index contributed by atoms with van der Waals surface area (Å²) in [6.07, 6.45) is 0. The number of aryl methyl sites for hydroxylation is 2. The molecular weight excluding hydrogens is 376 g/mol. The maximum Gasteiger partial charge on any atom is 0.251 e. The maximum absolute atomic E-state index is 12.2. The van der Waals surface area contributed by atoms with Crippen molar-refractivity contribution in [2.75, 3.05) is 11.9 Å². The van der Waals surface area contributed by atoms with E-state index in [1.807, 2.05) is 74.5 Å². The summed E-state index contributed by atoms with van der Waals surface area (Å²) in [5.41, 5.74) is 6.16. The Balaban J connectivity index is 1.35. The van der Waals surface area contributed by atoms with Crippen LogP contribution < -0.4 is 10.6 Å². The highest BCUT2D eigenvalue weighted by Crippen LogP contribution is 2.22. The summed E-state index contributed by atoms with van der Waals surface area (Å²) in [4.78, 5) is 32.3. The van der Waals surface area contributed by atoms with Gasteiger partial charge in [-0.3, -0.25) is 9.59 Å². The number of nitrogens with zero attached hydrogens (tertiary/aromatic N) is 1. The van der Waals surface area contributed by atoms with Gasteiger partial charge in [0.15, 0.2) is 0 Å². The number of amides is 2. The minimum absolute atomic E-state index is 0.100. The lowest BCUT2D eigenvalue weighted by Crippen LogP contribution is -2.32. The lowest BCUT2D eigenvalue weighted by Gasteiger charge is -2.08. The molecule has 0 spiro atoms. The Hall–Kier alpha value is -3.93. The number of H-pyrrole nitrogens is 1. The van der Waals surface area contributed by atoms with Crippen LogP contribution in [0, 0.1) is 13.8 Å². The summed E-state index contributed by atoms with van der Waals surface area (Å²) in [7, 11) is 0. The molecule has 0 unspecified atom stereocenters. The van der Waals surface area contributed by atoms with Crippen molar-refractivity contribution in [3.63, 3.8) is 0 Å². The second kappa shape index (κ2) is 8.21. The van der Waals surface area contributed by atoms with Crippen LogP contribution in [0.15, 0.2) is 66.7 Å². The van der Waals surface area contributed by atoms with E-state index in [2.05, 4.69) is 20.6 Å². The molecule has 1 heterocycles. The molecule has 2 amide bonds. The molecule has 3 N–H and O–H groups in total. The summed E-state index contributed by atoms with van der Waals surface area (Å²) in [6, 6.07) is 20.7. The number of fused-ring (bicyclic) bond motifs is 1. The quantitative estimate of drug-likeness (QED) is 0.470. The zero-order chi connectivity index (χ0) is 21.1. The molecule has 0 aliphatic rings. The van der Waals surface area contributed by atoms with Crippen molar-refractivity contribution in [3.8, 4) is 11.4 Å². The molecule has 1 aromatic heterocycles. The zero-order valence-corrected chi connectivity index (χ0v) is 16.8. The van der Waals surface area contributed by atoms with E-state index in [0.717, 1.165) is 33.5 Å². The number of benzene rings is 3. The Morgan fingerprint density at radius 2 is 1.70 bits per heavy atom. The van der Waals surface area contributed by atoms with Crippen molar-refractivity contribution in [1.29, 1.82) is 0 Å². The van der Waals surface area contributed by atoms with E-state index in [9.17, 15) is 9.59 Å². The number of hydrogen-bond donors (Lipinski definition) is 3. The van der Waals surface area contributed by atoms with Gasteiger partial charge in [-0.15, -0.1) is 0 Å². The predicted molar refractivity (Wildman–Crippen MR) is 118 cm³/mol. The number of nitrogens with one attached hydrogen (secondary N) is 3. The van der Waals surface area contributed by atoms with E-state index in [4.69, 9.17) is 0 Å². The lowest BCUT2D eigenvalue weighted by atomic mass is 10.1. The molecule has 0 atom stereocenters. The molecule has 4 rings (SSSR count). The van der Waals surface area contributed by atoms with Gasteiger partial charge in [0.25, 0.3) is 5.91 Å². The summed E-state index contributed by atoms with van der Waals surface area (Å²) in [6.45, 7) is 3.84. The molecule has 0 aliphatic heterocycles. The summed E-state index contributed by atoms with van der Waals surface area (Å²) >= 11 is 0. The average Bonchev–Trinajstić information content (AvgIpc) is 3.19. The van der Waals surface area contributed by atoms with Crippen molar-refractivity contribution in [2.24, 2.45) is 0 Å². The maximum atomic E-state index is 12.2. The molecule has 150 valence electrons. The molecule has 0 saturated carbocycles. The average molecular weight is 398 g/mol. The van der Waals surface area contributed by atoms with Gasteiger partial charge in [-0.25, -0.2) is 4.98 Å². The van der Waals surface area contributed by atoms with Crippen LogP contribution in [0.5, 0.6) is 0 Å². The summed E-state index contributed by atoms with van der Waals surface area (Å²) in [5, 5.41) is 5.44. The Bertz CT molecular complexity index is 1190. The van der Waals surface area contributed by atoms with E-state index in [-0.39, 0.29) is 18.4 Å². The fourth-order valence-electron chi connectivity index (χ4n) is 3.15. The number of hydrogen-bond acceptors (Lipinski definition) is 3. The topological polar surface area (TPSA) is 86.9 Å². The number of aromatic nitrogens is 2. The van der Waals surface area contributed by atoms with Crippen molar-refractivity contribution in [3.05, 3.63) is 83.4 Å². The smallest absolute Gasteiger partial charge is 0.251 e. The first-order chi connectivity index (χ1) is 14.5. The molecule has 6 nitrogen and oxygen atoms in total. The normalized spacial score (nSPS) is 10.7. The second-order valence-electron chi connectivity index (χ2n) is 7.21. The molecule has 0 saturated heterocycles. The minimum Gasteiger partial charge on any atom is -0.343 e. The van der Waals surface area contributed by atoms with Crippen LogP contribution in [0.2, 0.25) is 0 Å². The van der Waals surface area contributed by atoms with Gasteiger partial charge in [-0.2, -0.15) is 0 Å². The van der Waals surface area contributed by atoms with E-state index in [1.54, 1.807) is 6.07 Å². The molecule has 0 aliphatic carbocycles. The van der Waals surface area contributed by atoms with Crippen LogP contribution in [-0.4, -0.2) is 28.3 Å². The molecule has 30 heavy (non-hydrogen) atoms. The standard InChI is InChI=1S/C24H22N4O2/c1-15-7-8-18(13-16(15)2)24(30)25-14-22(29)26-19-11-9-17(10-12-19)23-27-20-5-3-4-6-21(20)28-23/h3-13H,14H2,1-2H3,(H,25,30)(H,26,29)(H,27,28). The van der Waals surface area contributed by atoms with Gasteiger partial charge in [0, 0.05) is 16.8 Å². The van der Waals surface area contributed by atoms with E-state index in [0.29, 0.717) is 11.3 Å². The fraction of sp³-hybridized carbons (Fsp3) is 0.125. The SMILES string of the molecule is Cc1ccc(C(=O)NCC(=O)Nc2ccc(-c3nc4ccccc4[nH]3)cc2)cc1C. The molecule has 4 aromatic rings. The van der Waals surface area contributed by atoms with Gasteiger partial charge in [0.05, 0.1) is 17.6 Å². The van der Waals surface area contributed by atoms with Crippen LogP contribution >= 0.6 is 0 Å². The summed E-state index contributed by atoms with van der Waals surface area (Å²) in [5.74, 6) is 0.215. The first-order valence-electron chi connectivity index (χ1n) is 9.70. The van der Waals surface area contributed by atoms with Gasteiger partial charge in [-0.1, -0.05) is 18.2 Å². The third-order valence-corrected chi connectivity index (χ3v) is 5.01. The second-order valence-corrected chi connectivity index (χ2v) is 7.21. The van der Waals surface area contributed by atoms with Gasteiger partial charge in [0.1, 0.15) is 5.82 Å². The number of carbonyl (C=O) groups excluding carboxylic acids is 2. The first kappa shape index (κ1) is 19.4. The van der Waals surface area contributed by atoms with Crippen molar-refractivity contribution < 1.29 is 9.59 Å². The Morgan fingerprint density at radius 1 is 0.933 bits per heavy atom. The number of para-hydroxylation sites is 2. The fourth-order valence-corrected chi connectivity index (χ4v) is 3.15. The van der Waals surface area contributed by atoms with Gasteiger partial charge >= 0.3 is 0 Å². The van der Waals surface area contributed by atoms with Crippen LogP contribution in [0.3, 0.4) is 0 Å². The molecule has 6 heteroatoms. The number of rotatable bonds is 5. The Kier molecular flexibility index (Phi) is 5.30. The summed E-state index contributed by atoms with van der Waals surface area (Å²) < 4.78 is 0. The zero-order valence-electron chi connectivity index (χ0n) is 16.8. The van der Waals surface area contributed by atoms with Gasteiger partial charge < -0.3 is 15.6 Å². The molecule has 0 radical (unpaired) electrons. The molecular formula is C24H22N4O2. The van der Waals surface area contributed by atoms with Crippen LogP contribution in [0.4, 0.5) is 5.69 Å². The highest BCUT2D eigenvalue weighted by Gasteiger charge is 2.10. The van der Waals surface area contributed by atoms with Crippen LogP contribution in [0.1, 0.15) is 21.5 Å². The molecule has 0 fully saturated rings. The highest BCUT2D eigenvalue weighted by atomic mass is 16.2. The first-order valence-corrected chi connectivity index (χ1v) is 9.70. The van der Waals surface area contributed by atoms with E-state index in [1.165, 1.54) is 0 Å². The lowest BCUT2D eigenvalue weighted by molar-refractivity contribution is -0.115. The monoisotopic (exact) mass is 398 g/mol. The van der Waals surface area contributed by atoms with Crippen molar-refractivity contribution >= 4 is 28.5 Å². The predicted octanol–water partition coefficient (Wildman–Crippen LogP) is 4.22. The van der Waals surface area contributed by atoms with Gasteiger partial charge in [-0.05, 0) is 73.5 Å². The van der Waals surface area contributed by atoms with E-state index >= 15 is 0 Å². The Labute approximate surface area is 174 Å². The van der Waals surface area contributed by atoms with Crippen LogP contribution in [0.25, 0.3) is 22.4 Å². The van der Waals surface area contributed by atoms with Crippen molar-refractivity contribution in [2.45, 2.75) is 13.8 Å². The number of aromatic amines is 1. The van der Waals surface area contributed by atoms with Gasteiger partial charge in [0.2, 0.25) is 5.91 Å². The largest absolute Gasteiger partial charge is 0.343 e. The molecule has 0 bridgehead atoms. The van der Waals surface area contributed by atoms with E-state index < -0.39 is 0 Å². The third kappa shape index (κ3) is 4.22. The van der Waals surface area contributed by atoms with Crippen LogP contribution in [-0.2, 0) is 4.79 Å². The Morgan fingerprint density at radius 3 is 2.43 bits per heavy atom. The van der Waals surface area contributed by atoms with Crippen molar-refractivity contribution in [1.82, 2.24) is 15.3 Å². The highest BCUT2D eigenvalue weighted by molar-refractivity contribution is 5.99. The minimum atomic E-state index is -0.288. The number of anilines is 1. The number of carbonyl (C=O) groups is 2.